The second-order valence-corrected chi connectivity index (χ2v) is 9.64. The van der Waals surface area contributed by atoms with Gasteiger partial charge >= 0.3 is 0 Å². The average Bonchev–Trinajstić information content (AvgIpc) is 2.92. The zero-order valence-corrected chi connectivity index (χ0v) is 22.1. The van der Waals surface area contributed by atoms with E-state index in [9.17, 15) is 9.90 Å². The SMILES string of the molecule is COCCOCOc1ccc2c(c1)OCC(c1cc3c(cc1OCOCCOC)OC1(COC1)CC3O)C2=O. The second-order valence-electron chi connectivity index (χ2n) is 9.64. The molecule has 5 rings (SSSR count). The van der Waals surface area contributed by atoms with Gasteiger partial charge in [-0.1, -0.05) is 0 Å². The van der Waals surface area contributed by atoms with Crippen molar-refractivity contribution in [2.75, 3.05) is 74.1 Å². The summed E-state index contributed by atoms with van der Waals surface area (Å²) in [7, 11) is 3.19. The van der Waals surface area contributed by atoms with Crippen LogP contribution < -0.4 is 18.9 Å². The predicted molar refractivity (Wildman–Crippen MR) is 136 cm³/mol. The third-order valence-corrected chi connectivity index (χ3v) is 6.91. The highest BCUT2D eigenvalue weighted by Crippen LogP contribution is 2.47. The Labute approximate surface area is 226 Å². The molecule has 2 aromatic carbocycles. The number of benzene rings is 2. The molecular weight excluding hydrogens is 512 g/mol. The summed E-state index contributed by atoms with van der Waals surface area (Å²) in [6.07, 6.45) is -0.350. The predicted octanol–water partition coefficient (Wildman–Crippen LogP) is 2.63. The van der Waals surface area contributed by atoms with Gasteiger partial charge in [0, 0.05) is 43.9 Å². The van der Waals surface area contributed by atoms with E-state index >= 15 is 0 Å². The van der Waals surface area contributed by atoms with Gasteiger partial charge < -0.3 is 47.7 Å². The summed E-state index contributed by atoms with van der Waals surface area (Å²) in [6, 6.07) is 8.56. The number of Topliss-reactive ketones (excluding diaryl/α,β-unsaturated/α-hetero) is 1. The molecule has 1 fully saturated rings. The Hall–Kier alpha value is -2.93. The summed E-state index contributed by atoms with van der Waals surface area (Å²) in [5, 5.41) is 11.0. The third-order valence-electron chi connectivity index (χ3n) is 6.91. The van der Waals surface area contributed by atoms with Crippen LogP contribution in [0.15, 0.2) is 30.3 Å². The standard InChI is InChI=1S/C28H34O11/c1-31-5-7-33-16-37-18-3-4-19-24(9-18)36-13-22(27(19)30)20-10-21-23(29)12-28(14-35-15-28)39-26(21)11-25(20)38-17-34-8-6-32-2/h3-4,9-11,22-23,29H,5-8,12-17H2,1-2H3. The highest BCUT2D eigenvalue weighted by atomic mass is 16.7. The van der Waals surface area contributed by atoms with Crippen LogP contribution in [0.5, 0.6) is 23.0 Å². The van der Waals surface area contributed by atoms with Crippen LogP contribution in [0.3, 0.4) is 0 Å². The molecule has 3 aliphatic heterocycles. The molecule has 0 aliphatic carbocycles. The Balaban J connectivity index is 1.36. The molecule has 1 spiro atoms. The third kappa shape index (κ3) is 6.13. The minimum Gasteiger partial charge on any atom is -0.492 e. The van der Waals surface area contributed by atoms with Gasteiger partial charge in [-0.05, 0) is 18.2 Å². The van der Waals surface area contributed by atoms with Crippen LogP contribution in [0.4, 0.5) is 0 Å². The molecule has 2 atom stereocenters. The van der Waals surface area contributed by atoms with Crippen LogP contribution in [0.2, 0.25) is 0 Å². The van der Waals surface area contributed by atoms with Crippen molar-refractivity contribution in [1.29, 1.82) is 0 Å². The van der Waals surface area contributed by atoms with Gasteiger partial charge in [-0.25, -0.2) is 0 Å². The molecule has 11 heteroatoms. The number of aliphatic hydroxyl groups excluding tert-OH is 1. The van der Waals surface area contributed by atoms with Gasteiger partial charge in [0.25, 0.3) is 0 Å². The molecule has 2 aromatic rings. The summed E-state index contributed by atoms with van der Waals surface area (Å²) in [5.41, 5.74) is 1.08. The van der Waals surface area contributed by atoms with Gasteiger partial charge in [0.1, 0.15) is 29.6 Å². The Bertz CT molecular complexity index is 1150. The number of fused-ring (bicyclic) bond motifs is 2. The Morgan fingerprint density at radius 1 is 0.923 bits per heavy atom. The van der Waals surface area contributed by atoms with Crippen LogP contribution >= 0.6 is 0 Å². The minimum atomic E-state index is -0.763. The van der Waals surface area contributed by atoms with E-state index in [-0.39, 0.29) is 26.0 Å². The first-order valence-corrected chi connectivity index (χ1v) is 12.9. The lowest BCUT2D eigenvalue weighted by Gasteiger charge is -2.46. The van der Waals surface area contributed by atoms with Crippen LogP contribution in [0.1, 0.15) is 39.9 Å². The lowest BCUT2D eigenvalue weighted by atomic mass is 9.83. The van der Waals surface area contributed by atoms with E-state index in [2.05, 4.69) is 0 Å². The van der Waals surface area contributed by atoms with Crippen LogP contribution in [-0.2, 0) is 23.7 Å². The minimum absolute atomic E-state index is 0.0442. The van der Waals surface area contributed by atoms with Crippen molar-refractivity contribution in [3.05, 3.63) is 47.0 Å². The van der Waals surface area contributed by atoms with E-state index in [1.54, 1.807) is 44.6 Å². The Morgan fingerprint density at radius 3 is 2.36 bits per heavy atom. The number of methoxy groups -OCH3 is 2. The highest BCUT2D eigenvalue weighted by molar-refractivity contribution is 6.04. The zero-order valence-electron chi connectivity index (χ0n) is 22.1. The quantitative estimate of drug-likeness (QED) is 0.295. The van der Waals surface area contributed by atoms with E-state index in [0.717, 1.165) is 0 Å². The largest absolute Gasteiger partial charge is 0.492 e. The van der Waals surface area contributed by atoms with Crippen LogP contribution in [-0.4, -0.2) is 90.5 Å². The van der Waals surface area contributed by atoms with E-state index in [4.69, 9.17) is 42.6 Å². The van der Waals surface area contributed by atoms with Gasteiger partial charge in [-0.3, -0.25) is 4.79 Å². The maximum atomic E-state index is 13.7. The van der Waals surface area contributed by atoms with Gasteiger partial charge in [0.05, 0.1) is 57.2 Å². The van der Waals surface area contributed by atoms with Gasteiger partial charge in [-0.2, -0.15) is 0 Å². The first-order chi connectivity index (χ1) is 19.0. The lowest BCUT2D eigenvalue weighted by molar-refractivity contribution is -0.185. The van der Waals surface area contributed by atoms with Crippen LogP contribution in [0, 0.1) is 0 Å². The molecule has 0 amide bonds. The van der Waals surface area contributed by atoms with E-state index < -0.39 is 17.6 Å². The number of ether oxygens (including phenoxy) is 9. The summed E-state index contributed by atoms with van der Waals surface area (Å²) in [6.45, 7) is 2.59. The molecule has 1 N–H and O–H groups in total. The molecule has 0 saturated carbocycles. The zero-order chi connectivity index (χ0) is 27.2. The Kier molecular flexibility index (Phi) is 8.85. The van der Waals surface area contributed by atoms with Gasteiger partial charge in [-0.15, -0.1) is 0 Å². The summed E-state index contributed by atoms with van der Waals surface area (Å²) >= 11 is 0. The van der Waals surface area contributed by atoms with Crippen molar-refractivity contribution < 1.29 is 52.5 Å². The fourth-order valence-electron chi connectivity index (χ4n) is 4.79. The number of carbonyl (C=O) groups is 1. The number of hydrogen-bond acceptors (Lipinski definition) is 11. The van der Waals surface area contributed by atoms with Crippen molar-refractivity contribution in [1.82, 2.24) is 0 Å². The molecule has 3 aliphatic rings. The number of carbonyl (C=O) groups excluding carboxylic acids is 1. The average molecular weight is 547 g/mol. The smallest absolute Gasteiger partial charge is 0.189 e. The fourth-order valence-corrected chi connectivity index (χ4v) is 4.79. The van der Waals surface area contributed by atoms with E-state index in [1.165, 1.54) is 0 Å². The molecule has 0 bridgehead atoms. The highest BCUT2D eigenvalue weighted by Gasteiger charge is 2.47. The maximum Gasteiger partial charge on any atom is 0.189 e. The summed E-state index contributed by atoms with van der Waals surface area (Å²) < 4.78 is 49.9. The normalized spacial score (nSPS) is 20.8. The van der Waals surface area contributed by atoms with Gasteiger partial charge in [0.2, 0.25) is 0 Å². The van der Waals surface area contributed by atoms with Crippen molar-refractivity contribution in [2.45, 2.75) is 24.0 Å². The first-order valence-electron chi connectivity index (χ1n) is 12.9. The number of ketones is 1. The molecule has 212 valence electrons. The molecule has 0 radical (unpaired) electrons. The van der Waals surface area contributed by atoms with Crippen molar-refractivity contribution >= 4 is 5.78 Å². The van der Waals surface area contributed by atoms with Crippen molar-refractivity contribution in [2.24, 2.45) is 0 Å². The number of aliphatic hydroxyl groups is 1. The molecular formula is C28H34O11. The van der Waals surface area contributed by atoms with E-state index in [1.807, 2.05) is 0 Å². The first kappa shape index (κ1) is 27.6. The Morgan fingerprint density at radius 2 is 1.67 bits per heavy atom. The number of hydrogen-bond donors (Lipinski definition) is 1. The summed E-state index contributed by atoms with van der Waals surface area (Å²) in [4.78, 5) is 13.7. The molecule has 0 aromatic heterocycles. The monoisotopic (exact) mass is 546 g/mol. The summed E-state index contributed by atoms with van der Waals surface area (Å²) in [5.74, 6) is 1.11. The topological polar surface area (TPSA) is 120 Å². The number of rotatable bonds is 13. The molecule has 39 heavy (non-hydrogen) atoms. The second kappa shape index (κ2) is 12.5. The van der Waals surface area contributed by atoms with Crippen molar-refractivity contribution in [3.8, 4) is 23.0 Å². The molecule has 11 nitrogen and oxygen atoms in total. The van der Waals surface area contributed by atoms with E-state index in [0.29, 0.717) is 85.8 Å². The van der Waals surface area contributed by atoms with Gasteiger partial charge in [0.15, 0.2) is 25.0 Å². The lowest BCUT2D eigenvalue weighted by Crippen LogP contribution is -2.56. The maximum absolute atomic E-state index is 13.7. The molecule has 1 saturated heterocycles. The van der Waals surface area contributed by atoms with Crippen molar-refractivity contribution in [3.63, 3.8) is 0 Å². The van der Waals surface area contributed by atoms with Crippen LogP contribution in [0.25, 0.3) is 0 Å². The fraction of sp³-hybridized carbons (Fsp3) is 0.536. The molecule has 2 unspecified atom stereocenters. The molecule has 3 heterocycles.